The van der Waals surface area contributed by atoms with Crippen LogP contribution in [0.25, 0.3) is 11.4 Å². The monoisotopic (exact) mass is 289 g/mol. The Morgan fingerprint density at radius 3 is 3.05 bits per heavy atom. The van der Waals surface area contributed by atoms with Gasteiger partial charge in [-0.1, -0.05) is 0 Å². The molecule has 3 rings (SSSR count). The van der Waals surface area contributed by atoms with Gasteiger partial charge in [-0.15, -0.1) is 11.3 Å². The Morgan fingerprint density at radius 1 is 1.40 bits per heavy atom. The molecule has 0 bridgehead atoms. The van der Waals surface area contributed by atoms with Crippen LogP contribution in [0.15, 0.2) is 17.6 Å². The molecule has 2 aromatic rings. The maximum Gasteiger partial charge on any atom is 0.225 e. The second-order valence-corrected chi connectivity index (χ2v) is 6.25. The minimum Gasteiger partial charge on any atom is -0.340 e. The highest BCUT2D eigenvalue weighted by Gasteiger charge is 2.21. The van der Waals surface area contributed by atoms with Crippen LogP contribution >= 0.6 is 11.3 Å². The summed E-state index contributed by atoms with van der Waals surface area (Å²) in [7, 11) is 0. The molecular weight excluding hydrogens is 270 g/mol. The van der Waals surface area contributed by atoms with Crippen LogP contribution in [0.5, 0.6) is 0 Å². The van der Waals surface area contributed by atoms with Gasteiger partial charge in [0.25, 0.3) is 0 Å². The number of anilines is 1. The molecule has 0 radical (unpaired) electrons. The first-order valence-electron chi connectivity index (χ1n) is 6.97. The second kappa shape index (κ2) is 5.85. The Bertz CT molecular complexity index is 582. The van der Waals surface area contributed by atoms with Gasteiger partial charge < -0.3 is 10.6 Å². The molecule has 3 heterocycles. The molecule has 20 heavy (non-hydrogen) atoms. The summed E-state index contributed by atoms with van der Waals surface area (Å²) in [6.45, 7) is 4.71. The van der Waals surface area contributed by atoms with Crippen molar-refractivity contribution in [2.24, 2.45) is 11.7 Å². The molecule has 0 saturated carbocycles. The van der Waals surface area contributed by atoms with E-state index in [1.165, 1.54) is 6.42 Å². The molecule has 1 atom stereocenters. The number of nitrogens with two attached hydrogens (primary N) is 1. The van der Waals surface area contributed by atoms with Crippen molar-refractivity contribution in [3.8, 4) is 11.4 Å². The summed E-state index contributed by atoms with van der Waals surface area (Å²) in [5.74, 6) is 1.35. The molecule has 5 nitrogen and oxygen atoms in total. The summed E-state index contributed by atoms with van der Waals surface area (Å²) in [6.07, 6.45) is 4.18. The molecule has 0 aromatic carbocycles. The van der Waals surface area contributed by atoms with E-state index in [2.05, 4.69) is 19.9 Å². The normalized spacial score (nSPS) is 19.3. The summed E-state index contributed by atoms with van der Waals surface area (Å²) >= 11 is 1.64. The zero-order valence-corrected chi connectivity index (χ0v) is 12.4. The van der Waals surface area contributed by atoms with Crippen LogP contribution in [-0.4, -0.2) is 34.6 Å². The highest BCUT2D eigenvalue weighted by molar-refractivity contribution is 7.09. The van der Waals surface area contributed by atoms with Crippen LogP contribution in [0.2, 0.25) is 0 Å². The van der Waals surface area contributed by atoms with Crippen LogP contribution in [0.3, 0.4) is 0 Å². The highest BCUT2D eigenvalue weighted by atomic mass is 32.1. The van der Waals surface area contributed by atoms with E-state index in [1.54, 1.807) is 11.3 Å². The SMILES string of the molecule is Cc1nc(-c2ccnc(N3CCCC(CN)C3)n2)cs1. The number of nitrogens with zero attached hydrogens (tertiary/aromatic N) is 4. The third-order valence-corrected chi connectivity index (χ3v) is 4.43. The number of hydrogen-bond acceptors (Lipinski definition) is 6. The first kappa shape index (κ1) is 13.5. The Hall–Kier alpha value is -1.53. The molecule has 2 aromatic heterocycles. The summed E-state index contributed by atoms with van der Waals surface area (Å²) in [5, 5.41) is 3.10. The molecule has 0 spiro atoms. The van der Waals surface area contributed by atoms with Crippen molar-refractivity contribution >= 4 is 17.3 Å². The fourth-order valence-electron chi connectivity index (χ4n) is 2.56. The third kappa shape index (κ3) is 2.81. The number of rotatable bonds is 3. The predicted molar refractivity (Wildman–Crippen MR) is 81.9 cm³/mol. The quantitative estimate of drug-likeness (QED) is 0.937. The maximum absolute atomic E-state index is 5.79. The lowest BCUT2D eigenvalue weighted by Gasteiger charge is -2.32. The maximum atomic E-state index is 5.79. The Balaban J connectivity index is 1.84. The molecule has 2 N–H and O–H groups in total. The van der Waals surface area contributed by atoms with Gasteiger partial charge in [0.2, 0.25) is 5.95 Å². The molecule has 0 amide bonds. The fraction of sp³-hybridized carbons (Fsp3) is 0.500. The molecule has 1 saturated heterocycles. The van der Waals surface area contributed by atoms with Gasteiger partial charge >= 0.3 is 0 Å². The first-order valence-corrected chi connectivity index (χ1v) is 7.85. The predicted octanol–water partition coefficient (Wildman–Crippen LogP) is 2.08. The summed E-state index contributed by atoms with van der Waals surface area (Å²) in [6, 6.07) is 1.92. The van der Waals surface area contributed by atoms with Gasteiger partial charge in [0.1, 0.15) is 5.69 Å². The average Bonchev–Trinajstić information content (AvgIpc) is 2.94. The van der Waals surface area contributed by atoms with E-state index in [4.69, 9.17) is 5.73 Å². The van der Waals surface area contributed by atoms with Crippen molar-refractivity contribution in [1.82, 2.24) is 15.0 Å². The number of aromatic nitrogens is 3. The smallest absolute Gasteiger partial charge is 0.225 e. The topological polar surface area (TPSA) is 67.9 Å². The molecule has 106 valence electrons. The van der Waals surface area contributed by atoms with E-state index >= 15 is 0 Å². The number of hydrogen-bond donors (Lipinski definition) is 1. The van der Waals surface area contributed by atoms with Crippen molar-refractivity contribution in [1.29, 1.82) is 0 Å². The Morgan fingerprint density at radius 2 is 2.30 bits per heavy atom. The first-order chi connectivity index (χ1) is 9.76. The zero-order chi connectivity index (χ0) is 13.9. The summed E-state index contributed by atoms with van der Waals surface area (Å²) in [5.41, 5.74) is 7.62. The van der Waals surface area contributed by atoms with Gasteiger partial charge in [-0.2, -0.15) is 0 Å². The van der Waals surface area contributed by atoms with Crippen LogP contribution in [-0.2, 0) is 0 Å². The van der Waals surface area contributed by atoms with Gasteiger partial charge in [-0.25, -0.2) is 15.0 Å². The zero-order valence-electron chi connectivity index (χ0n) is 11.6. The third-order valence-electron chi connectivity index (χ3n) is 3.66. The van der Waals surface area contributed by atoms with Gasteiger partial charge in [-0.05, 0) is 38.3 Å². The van der Waals surface area contributed by atoms with Crippen molar-refractivity contribution in [3.63, 3.8) is 0 Å². The number of aryl methyl sites for hydroxylation is 1. The van der Waals surface area contributed by atoms with Gasteiger partial charge in [0, 0.05) is 24.7 Å². The van der Waals surface area contributed by atoms with Crippen LogP contribution < -0.4 is 10.6 Å². The van der Waals surface area contributed by atoms with E-state index in [1.807, 2.05) is 24.6 Å². The van der Waals surface area contributed by atoms with E-state index in [9.17, 15) is 0 Å². The van der Waals surface area contributed by atoms with E-state index in [-0.39, 0.29) is 0 Å². The van der Waals surface area contributed by atoms with Crippen LogP contribution in [0, 0.1) is 12.8 Å². The van der Waals surface area contributed by atoms with Crippen molar-refractivity contribution in [2.45, 2.75) is 19.8 Å². The number of thiazole rings is 1. The van der Waals surface area contributed by atoms with Gasteiger partial charge in [0.05, 0.1) is 10.7 Å². The minimum absolute atomic E-state index is 0.553. The van der Waals surface area contributed by atoms with E-state index in [0.29, 0.717) is 5.92 Å². The molecular formula is C14H19N5S. The Labute approximate surface area is 122 Å². The number of piperidine rings is 1. The summed E-state index contributed by atoms with van der Waals surface area (Å²) < 4.78 is 0. The molecule has 6 heteroatoms. The van der Waals surface area contributed by atoms with E-state index in [0.717, 1.165) is 48.4 Å². The fourth-order valence-corrected chi connectivity index (χ4v) is 3.17. The lowest BCUT2D eigenvalue weighted by atomic mass is 9.99. The molecule has 0 aliphatic carbocycles. The average molecular weight is 289 g/mol. The molecule has 1 aliphatic rings. The van der Waals surface area contributed by atoms with Crippen LogP contribution in [0.1, 0.15) is 17.8 Å². The van der Waals surface area contributed by atoms with Crippen molar-refractivity contribution in [2.75, 3.05) is 24.5 Å². The molecule has 1 aliphatic heterocycles. The molecule has 1 unspecified atom stereocenters. The van der Waals surface area contributed by atoms with E-state index < -0.39 is 0 Å². The minimum atomic E-state index is 0.553. The lowest BCUT2D eigenvalue weighted by Crippen LogP contribution is -2.39. The Kier molecular flexibility index (Phi) is 3.93. The van der Waals surface area contributed by atoms with Gasteiger partial charge in [-0.3, -0.25) is 0 Å². The second-order valence-electron chi connectivity index (χ2n) is 5.18. The van der Waals surface area contributed by atoms with Crippen LogP contribution in [0.4, 0.5) is 5.95 Å². The standard InChI is InChI=1S/C14H19N5S/c1-10-17-13(9-20-10)12-4-5-16-14(18-12)19-6-2-3-11(7-15)8-19/h4-5,9,11H,2-3,6-8,15H2,1H3. The molecule has 1 fully saturated rings. The van der Waals surface area contributed by atoms with Crippen molar-refractivity contribution in [3.05, 3.63) is 22.7 Å². The lowest BCUT2D eigenvalue weighted by molar-refractivity contribution is 0.419. The summed E-state index contributed by atoms with van der Waals surface area (Å²) in [4.78, 5) is 15.8. The highest BCUT2D eigenvalue weighted by Crippen LogP contribution is 2.23. The van der Waals surface area contributed by atoms with Crippen molar-refractivity contribution < 1.29 is 0 Å². The largest absolute Gasteiger partial charge is 0.340 e. The van der Waals surface area contributed by atoms with Gasteiger partial charge in [0.15, 0.2) is 0 Å².